The molecule has 0 saturated carbocycles. The maximum Gasteiger partial charge on any atom is 0.264 e. The molecule has 1 aliphatic heterocycles. The molecule has 0 radical (unpaired) electrons. The third-order valence-corrected chi connectivity index (χ3v) is 5.56. The molecule has 0 bridgehead atoms. The number of hydrogen-bond donors (Lipinski definition) is 0. The van der Waals surface area contributed by atoms with E-state index in [-0.39, 0.29) is 11.6 Å². The van der Waals surface area contributed by atoms with Crippen molar-refractivity contribution in [3.05, 3.63) is 57.2 Å². The Kier molecular flexibility index (Phi) is 4.78. The molecular weight excluding hydrogens is 362 g/mol. The third kappa shape index (κ3) is 3.28. The predicted molar refractivity (Wildman–Crippen MR) is 107 cm³/mol. The molecule has 0 N–H and O–H groups in total. The highest BCUT2D eigenvalue weighted by molar-refractivity contribution is 6.30. The smallest absolute Gasteiger partial charge is 0.264 e. The lowest BCUT2D eigenvalue weighted by Crippen LogP contribution is -2.46. The van der Waals surface area contributed by atoms with E-state index < -0.39 is 0 Å². The summed E-state index contributed by atoms with van der Waals surface area (Å²) in [5.74, 6) is 0.813. The van der Waals surface area contributed by atoms with Gasteiger partial charge in [0.25, 0.3) is 5.56 Å². The van der Waals surface area contributed by atoms with E-state index in [1.807, 2.05) is 35.2 Å². The molecule has 0 fully saturated rings. The van der Waals surface area contributed by atoms with Crippen molar-refractivity contribution in [3.8, 4) is 0 Å². The minimum Gasteiger partial charge on any atom is -0.293 e. The molecular formula is C20H24ClN5O. The molecule has 1 aliphatic rings. The van der Waals surface area contributed by atoms with E-state index in [9.17, 15) is 4.79 Å². The van der Waals surface area contributed by atoms with Gasteiger partial charge in [0.1, 0.15) is 11.2 Å². The molecule has 6 nitrogen and oxygen atoms in total. The second-order valence-corrected chi connectivity index (χ2v) is 7.89. The first-order valence-corrected chi connectivity index (χ1v) is 9.81. The van der Waals surface area contributed by atoms with E-state index in [0.29, 0.717) is 30.2 Å². The van der Waals surface area contributed by atoms with Crippen LogP contribution in [-0.2, 0) is 19.6 Å². The lowest BCUT2D eigenvalue weighted by molar-refractivity contribution is 0.121. The van der Waals surface area contributed by atoms with Crippen molar-refractivity contribution in [1.29, 1.82) is 0 Å². The highest BCUT2D eigenvalue weighted by atomic mass is 35.5. The van der Waals surface area contributed by atoms with Crippen LogP contribution in [0, 0.1) is 0 Å². The Morgan fingerprint density at radius 3 is 2.67 bits per heavy atom. The molecule has 2 aromatic heterocycles. The van der Waals surface area contributed by atoms with Gasteiger partial charge in [-0.1, -0.05) is 30.7 Å². The highest BCUT2D eigenvalue weighted by Crippen LogP contribution is 2.23. The predicted octanol–water partition coefficient (Wildman–Crippen LogP) is 3.62. The van der Waals surface area contributed by atoms with E-state index in [4.69, 9.17) is 16.6 Å². The Hall–Kier alpha value is -2.18. The molecule has 0 saturated heterocycles. The average Bonchev–Trinajstić information content (AvgIpc) is 3.08. The normalized spacial score (nSPS) is 17.6. The minimum atomic E-state index is 0.0199. The van der Waals surface area contributed by atoms with Gasteiger partial charge >= 0.3 is 0 Å². The Morgan fingerprint density at radius 1 is 1.26 bits per heavy atom. The number of fused-ring (bicyclic) bond motifs is 2. The Balaban J connectivity index is 1.73. The molecule has 0 spiro atoms. The van der Waals surface area contributed by atoms with E-state index >= 15 is 0 Å². The van der Waals surface area contributed by atoms with Crippen LogP contribution in [0.3, 0.4) is 0 Å². The first-order chi connectivity index (χ1) is 13.0. The third-order valence-electron chi connectivity index (χ3n) is 5.30. The summed E-state index contributed by atoms with van der Waals surface area (Å²) in [6, 6.07) is 8.41. The van der Waals surface area contributed by atoms with Crippen molar-refractivity contribution in [1.82, 2.24) is 24.2 Å². The summed E-state index contributed by atoms with van der Waals surface area (Å²) in [6.07, 6.45) is 2.63. The second-order valence-electron chi connectivity index (χ2n) is 7.46. The molecule has 1 atom stereocenters. The average molecular weight is 386 g/mol. The van der Waals surface area contributed by atoms with Crippen molar-refractivity contribution >= 4 is 22.6 Å². The van der Waals surface area contributed by atoms with Gasteiger partial charge in [0.15, 0.2) is 5.65 Å². The van der Waals surface area contributed by atoms with Gasteiger partial charge in [-0.05, 0) is 38.0 Å². The maximum absolute atomic E-state index is 13.0. The topological polar surface area (TPSA) is 56.0 Å². The van der Waals surface area contributed by atoms with Crippen LogP contribution >= 0.6 is 11.6 Å². The van der Waals surface area contributed by atoms with Crippen molar-refractivity contribution in [3.63, 3.8) is 0 Å². The van der Waals surface area contributed by atoms with Crippen LogP contribution in [0.5, 0.6) is 0 Å². The van der Waals surface area contributed by atoms with Crippen LogP contribution in [0.15, 0.2) is 35.3 Å². The van der Waals surface area contributed by atoms with Crippen molar-refractivity contribution in [2.45, 2.75) is 58.9 Å². The Labute approximate surface area is 163 Å². The van der Waals surface area contributed by atoms with Gasteiger partial charge in [-0.3, -0.25) is 14.3 Å². The van der Waals surface area contributed by atoms with E-state index in [1.54, 1.807) is 6.20 Å². The van der Waals surface area contributed by atoms with Gasteiger partial charge in [0.2, 0.25) is 0 Å². The number of rotatable bonds is 4. The molecule has 3 aromatic rings. The molecule has 1 unspecified atom stereocenters. The summed E-state index contributed by atoms with van der Waals surface area (Å²) in [7, 11) is 0. The van der Waals surface area contributed by atoms with Crippen LogP contribution in [-0.4, -0.2) is 30.3 Å². The fourth-order valence-corrected chi connectivity index (χ4v) is 3.91. The SMILES string of the molecule is CCC1Cn2c(nc3c(cnn3C(C)C)c2=O)CN1Cc1ccc(Cl)cc1. The molecule has 3 heterocycles. The first-order valence-electron chi connectivity index (χ1n) is 9.43. The number of nitrogens with zero attached hydrogens (tertiary/aromatic N) is 5. The summed E-state index contributed by atoms with van der Waals surface area (Å²) in [5, 5.41) is 5.72. The van der Waals surface area contributed by atoms with Gasteiger partial charge in [-0.25, -0.2) is 9.67 Å². The Morgan fingerprint density at radius 2 is 2.00 bits per heavy atom. The number of hydrogen-bond acceptors (Lipinski definition) is 4. The van der Waals surface area contributed by atoms with Crippen LogP contribution in [0.25, 0.3) is 11.0 Å². The summed E-state index contributed by atoms with van der Waals surface area (Å²) in [5.41, 5.74) is 1.91. The molecule has 7 heteroatoms. The standard InChI is InChI=1S/C20H24ClN5O/c1-4-16-11-25-18(12-24(16)10-14-5-7-15(21)8-6-14)23-19-17(20(25)27)9-22-26(19)13(2)3/h5-9,13,16H,4,10-12H2,1-3H3. The summed E-state index contributed by atoms with van der Waals surface area (Å²) < 4.78 is 3.66. The monoisotopic (exact) mass is 385 g/mol. The zero-order chi connectivity index (χ0) is 19.1. The molecule has 4 rings (SSSR count). The molecule has 1 aromatic carbocycles. The van der Waals surface area contributed by atoms with Crippen LogP contribution in [0.1, 0.15) is 44.6 Å². The largest absolute Gasteiger partial charge is 0.293 e. The second kappa shape index (κ2) is 7.09. The van der Waals surface area contributed by atoms with Gasteiger partial charge in [-0.2, -0.15) is 5.10 Å². The number of aromatic nitrogens is 4. The molecule has 142 valence electrons. The van der Waals surface area contributed by atoms with Gasteiger partial charge < -0.3 is 0 Å². The molecule has 0 amide bonds. The van der Waals surface area contributed by atoms with E-state index in [2.05, 4.69) is 29.1 Å². The zero-order valence-corrected chi connectivity index (χ0v) is 16.6. The van der Waals surface area contributed by atoms with Gasteiger partial charge in [0, 0.05) is 30.2 Å². The minimum absolute atomic E-state index is 0.0199. The van der Waals surface area contributed by atoms with Crippen molar-refractivity contribution in [2.75, 3.05) is 0 Å². The fourth-order valence-electron chi connectivity index (χ4n) is 3.78. The lowest BCUT2D eigenvalue weighted by Gasteiger charge is -2.36. The summed E-state index contributed by atoms with van der Waals surface area (Å²) in [4.78, 5) is 20.2. The number of halogens is 1. The van der Waals surface area contributed by atoms with Crippen LogP contribution in [0.4, 0.5) is 0 Å². The summed E-state index contributed by atoms with van der Waals surface area (Å²) in [6.45, 7) is 8.38. The molecule has 27 heavy (non-hydrogen) atoms. The first kappa shape index (κ1) is 18.2. The zero-order valence-electron chi connectivity index (χ0n) is 15.9. The van der Waals surface area contributed by atoms with Crippen LogP contribution < -0.4 is 5.56 Å². The Bertz CT molecular complexity index is 1020. The van der Waals surface area contributed by atoms with Crippen molar-refractivity contribution < 1.29 is 0 Å². The van der Waals surface area contributed by atoms with Crippen LogP contribution in [0.2, 0.25) is 5.02 Å². The van der Waals surface area contributed by atoms with E-state index in [1.165, 1.54) is 5.56 Å². The lowest BCUT2D eigenvalue weighted by atomic mass is 10.1. The van der Waals surface area contributed by atoms with E-state index in [0.717, 1.165) is 23.8 Å². The van der Waals surface area contributed by atoms with Gasteiger partial charge in [0.05, 0.1) is 12.7 Å². The number of benzene rings is 1. The highest BCUT2D eigenvalue weighted by Gasteiger charge is 2.28. The maximum atomic E-state index is 13.0. The van der Waals surface area contributed by atoms with Gasteiger partial charge in [-0.15, -0.1) is 0 Å². The summed E-state index contributed by atoms with van der Waals surface area (Å²) >= 11 is 6.01. The fraction of sp³-hybridized carbons (Fsp3) is 0.450. The van der Waals surface area contributed by atoms with Crippen molar-refractivity contribution in [2.24, 2.45) is 0 Å². The quantitative estimate of drug-likeness (QED) is 0.688. The molecule has 0 aliphatic carbocycles.